The summed E-state index contributed by atoms with van der Waals surface area (Å²) >= 11 is 0. The summed E-state index contributed by atoms with van der Waals surface area (Å²) in [5.41, 5.74) is 1.83. The molecule has 1 aromatic carbocycles. The van der Waals surface area contributed by atoms with Crippen LogP contribution >= 0.6 is 0 Å². The molecule has 0 aromatic heterocycles. The minimum absolute atomic E-state index is 0.0141. The van der Waals surface area contributed by atoms with Crippen molar-refractivity contribution in [1.82, 2.24) is 10.2 Å². The van der Waals surface area contributed by atoms with Crippen LogP contribution in [-0.4, -0.2) is 54.7 Å². The summed E-state index contributed by atoms with van der Waals surface area (Å²) in [5, 5.41) is 2.75. The van der Waals surface area contributed by atoms with E-state index in [2.05, 4.69) is 41.4 Å². The molecule has 0 bridgehead atoms. The third-order valence-corrected chi connectivity index (χ3v) is 4.56. The van der Waals surface area contributed by atoms with E-state index in [1.54, 1.807) is 0 Å². The van der Waals surface area contributed by atoms with Gasteiger partial charge in [0, 0.05) is 31.9 Å². The first-order valence-corrected chi connectivity index (χ1v) is 9.67. The molecule has 6 heteroatoms. The normalized spacial score (nSPS) is 16.3. The van der Waals surface area contributed by atoms with E-state index in [0.717, 1.165) is 13.1 Å². The third-order valence-electron chi connectivity index (χ3n) is 4.56. The number of benzene rings is 1. The van der Waals surface area contributed by atoms with Crippen LogP contribution in [0.5, 0.6) is 0 Å². The van der Waals surface area contributed by atoms with Gasteiger partial charge in [-0.2, -0.15) is 0 Å². The number of piperazine rings is 1. The summed E-state index contributed by atoms with van der Waals surface area (Å²) < 4.78 is 5.31. The second kappa shape index (κ2) is 8.63. The van der Waals surface area contributed by atoms with Crippen LogP contribution in [0.4, 0.5) is 10.5 Å². The fourth-order valence-corrected chi connectivity index (χ4v) is 3.15. The molecular weight excluding hydrogens is 342 g/mol. The number of anilines is 1. The van der Waals surface area contributed by atoms with Gasteiger partial charge in [-0.15, -0.1) is 0 Å². The highest BCUT2D eigenvalue weighted by Gasteiger charge is 2.32. The molecule has 1 aliphatic rings. The highest BCUT2D eigenvalue weighted by molar-refractivity contribution is 5.86. The fraction of sp³-hybridized carbons (Fsp3) is 0.619. The van der Waals surface area contributed by atoms with Gasteiger partial charge in [-0.3, -0.25) is 4.79 Å². The van der Waals surface area contributed by atoms with Crippen LogP contribution in [0, 0.1) is 12.8 Å². The second-order valence-corrected chi connectivity index (χ2v) is 8.52. The van der Waals surface area contributed by atoms with Gasteiger partial charge < -0.3 is 19.9 Å². The molecule has 1 unspecified atom stereocenters. The first-order chi connectivity index (χ1) is 12.6. The van der Waals surface area contributed by atoms with Gasteiger partial charge in [0.15, 0.2) is 0 Å². The number of carbonyl (C=O) groups excluding carboxylic acids is 2. The predicted octanol–water partition coefficient (Wildman–Crippen LogP) is 3.19. The van der Waals surface area contributed by atoms with Crippen molar-refractivity contribution in [2.75, 3.05) is 31.1 Å². The highest BCUT2D eigenvalue weighted by Crippen LogP contribution is 2.19. The topological polar surface area (TPSA) is 61.9 Å². The SMILES string of the molecule is Cc1cccc(N2CCN(C(=O)C(NC(=O)OC(C)(C)C)C(C)C)CC2)c1. The monoisotopic (exact) mass is 375 g/mol. The van der Waals surface area contributed by atoms with Crippen molar-refractivity contribution < 1.29 is 14.3 Å². The number of hydrogen-bond acceptors (Lipinski definition) is 4. The average molecular weight is 376 g/mol. The van der Waals surface area contributed by atoms with E-state index in [9.17, 15) is 9.59 Å². The van der Waals surface area contributed by atoms with Crippen LogP contribution in [0.25, 0.3) is 0 Å². The zero-order valence-electron chi connectivity index (χ0n) is 17.4. The van der Waals surface area contributed by atoms with E-state index in [-0.39, 0.29) is 11.8 Å². The maximum Gasteiger partial charge on any atom is 0.408 e. The maximum atomic E-state index is 13.0. The summed E-state index contributed by atoms with van der Waals surface area (Å²) in [6.07, 6.45) is -0.548. The number of alkyl carbamates (subject to hydrolysis) is 1. The van der Waals surface area contributed by atoms with Gasteiger partial charge in [0.2, 0.25) is 5.91 Å². The van der Waals surface area contributed by atoms with E-state index < -0.39 is 17.7 Å². The molecule has 1 fully saturated rings. The summed E-state index contributed by atoms with van der Waals surface area (Å²) in [5.74, 6) is -0.0560. The van der Waals surface area contributed by atoms with Crippen molar-refractivity contribution in [3.8, 4) is 0 Å². The molecule has 0 radical (unpaired) electrons. The molecule has 150 valence electrons. The lowest BCUT2D eigenvalue weighted by molar-refractivity contribution is -0.134. The van der Waals surface area contributed by atoms with Gasteiger partial charge in [-0.25, -0.2) is 4.79 Å². The Labute approximate surface area is 162 Å². The lowest BCUT2D eigenvalue weighted by atomic mass is 10.0. The van der Waals surface area contributed by atoms with Crippen molar-refractivity contribution >= 4 is 17.7 Å². The molecule has 6 nitrogen and oxygen atoms in total. The predicted molar refractivity (Wildman–Crippen MR) is 108 cm³/mol. The van der Waals surface area contributed by atoms with E-state index in [4.69, 9.17) is 4.74 Å². The van der Waals surface area contributed by atoms with Crippen molar-refractivity contribution in [3.63, 3.8) is 0 Å². The molecule has 1 N–H and O–H groups in total. The smallest absolute Gasteiger partial charge is 0.408 e. The van der Waals surface area contributed by atoms with E-state index in [1.165, 1.54) is 11.3 Å². The maximum absolute atomic E-state index is 13.0. The lowest BCUT2D eigenvalue weighted by Crippen LogP contribution is -2.57. The van der Waals surface area contributed by atoms with Crippen LogP contribution < -0.4 is 10.2 Å². The number of hydrogen-bond donors (Lipinski definition) is 1. The molecule has 2 rings (SSSR count). The van der Waals surface area contributed by atoms with E-state index in [1.807, 2.05) is 39.5 Å². The zero-order chi connectivity index (χ0) is 20.2. The number of carbonyl (C=O) groups is 2. The number of nitrogens with one attached hydrogen (secondary N) is 1. The zero-order valence-corrected chi connectivity index (χ0v) is 17.4. The average Bonchev–Trinajstić information content (AvgIpc) is 2.57. The quantitative estimate of drug-likeness (QED) is 0.878. The molecule has 1 aliphatic heterocycles. The van der Waals surface area contributed by atoms with E-state index >= 15 is 0 Å². The van der Waals surface area contributed by atoms with Crippen molar-refractivity contribution in [3.05, 3.63) is 29.8 Å². The minimum Gasteiger partial charge on any atom is -0.444 e. The van der Waals surface area contributed by atoms with Gasteiger partial charge in [0.25, 0.3) is 0 Å². The van der Waals surface area contributed by atoms with Gasteiger partial charge in [-0.1, -0.05) is 26.0 Å². The Morgan fingerprint density at radius 1 is 1.11 bits per heavy atom. The van der Waals surface area contributed by atoms with Crippen molar-refractivity contribution in [2.24, 2.45) is 5.92 Å². The summed E-state index contributed by atoms with van der Waals surface area (Å²) in [7, 11) is 0. The standard InChI is InChI=1S/C21H33N3O3/c1-15(2)18(22-20(26)27-21(4,5)6)19(25)24-12-10-23(11-13-24)17-9-7-8-16(3)14-17/h7-9,14-15,18H,10-13H2,1-6H3,(H,22,26). The number of nitrogens with zero attached hydrogens (tertiary/aromatic N) is 2. The highest BCUT2D eigenvalue weighted by atomic mass is 16.6. The Hall–Kier alpha value is -2.24. The summed E-state index contributed by atoms with van der Waals surface area (Å²) in [6, 6.07) is 7.83. The molecular formula is C21H33N3O3. The van der Waals surface area contributed by atoms with Crippen LogP contribution in [0.3, 0.4) is 0 Å². The van der Waals surface area contributed by atoms with Crippen LogP contribution in [0.2, 0.25) is 0 Å². The Bertz CT molecular complexity index is 659. The van der Waals surface area contributed by atoms with Crippen LogP contribution in [-0.2, 0) is 9.53 Å². The fourth-order valence-electron chi connectivity index (χ4n) is 3.15. The second-order valence-electron chi connectivity index (χ2n) is 8.52. The van der Waals surface area contributed by atoms with Crippen LogP contribution in [0.1, 0.15) is 40.2 Å². The van der Waals surface area contributed by atoms with Crippen molar-refractivity contribution in [1.29, 1.82) is 0 Å². The Morgan fingerprint density at radius 3 is 2.26 bits per heavy atom. The Morgan fingerprint density at radius 2 is 1.74 bits per heavy atom. The van der Waals surface area contributed by atoms with Gasteiger partial charge in [0.05, 0.1) is 0 Å². The molecule has 1 atom stereocenters. The Kier molecular flexibility index (Phi) is 6.73. The third kappa shape index (κ3) is 6.15. The largest absolute Gasteiger partial charge is 0.444 e. The molecule has 1 aromatic rings. The molecule has 27 heavy (non-hydrogen) atoms. The van der Waals surface area contributed by atoms with Gasteiger partial charge >= 0.3 is 6.09 Å². The van der Waals surface area contributed by atoms with Crippen molar-refractivity contribution in [2.45, 2.75) is 53.2 Å². The number of aryl methyl sites for hydroxylation is 1. The molecule has 1 heterocycles. The van der Waals surface area contributed by atoms with Gasteiger partial charge in [0.1, 0.15) is 11.6 Å². The lowest BCUT2D eigenvalue weighted by Gasteiger charge is -2.38. The van der Waals surface area contributed by atoms with Crippen LogP contribution in [0.15, 0.2) is 24.3 Å². The first kappa shape index (κ1) is 21.1. The molecule has 0 spiro atoms. The number of rotatable bonds is 4. The first-order valence-electron chi connectivity index (χ1n) is 9.67. The number of ether oxygens (including phenoxy) is 1. The minimum atomic E-state index is -0.589. The number of amides is 2. The summed E-state index contributed by atoms with van der Waals surface area (Å²) in [6.45, 7) is 14.2. The Balaban J connectivity index is 1.96. The molecule has 2 amide bonds. The molecule has 0 saturated carbocycles. The van der Waals surface area contributed by atoms with Gasteiger partial charge in [-0.05, 0) is 51.3 Å². The summed E-state index contributed by atoms with van der Waals surface area (Å²) in [4.78, 5) is 29.2. The van der Waals surface area contributed by atoms with E-state index in [0.29, 0.717) is 13.1 Å². The molecule has 1 saturated heterocycles. The molecule has 0 aliphatic carbocycles.